The van der Waals surface area contributed by atoms with E-state index in [0.29, 0.717) is 18.7 Å². The summed E-state index contributed by atoms with van der Waals surface area (Å²) in [6.45, 7) is 1.24. The highest BCUT2D eigenvalue weighted by atomic mass is 19.1. The van der Waals surface area contributed by atoms with Crippen LogP contribution in [0, 0.1) is 5.82 Å². The van der Waals surface area contributed by atoms with E-state index in [0.717, 1.165) is 10.5 Å². The number of amides is 3. The Morgan fingerprint density at radius 3 is 2.33 bits per heavy atom. The SMILES string of the molecule is CN(C)C(=O)C(=O)N(C)C1CN(Cc2ccccc2)CCn2c1nc(C(=O)NCc1ccc(F)cc1)c(O)c2=O. The van der Waals surface area contributed by atoms with Gasteiger partial charge in [-0.05, 0) is 23.3 Å². The second-order valence-electron chi connectivity index (χ2n) is 9.79. The van der Waals surface area contributed by atoms with Crippen LogP contribution >= 0.6 is 0 Å². The number of nitrogens with one attached hydrogen (secondary N) is 1. The van der Waals surface area contributed by atoms with Crippen molar-refractivity contribution < 1.29 is 23.9 Å². The number of aromatic nitrogens is 2. The Balaban J connectivity index is 1.70. The second kappa shape index (κ2) is 12.1. The fourth-order valence-corrected chi connectivity index (χ4v) is 4.48. The van der Waals surface area contributed by atoms with E-state index in [2.05, 4.69) is 10.3 Å². The standard InChI is InChI=1S/C28H31FN6O5/c1-32(2)27(39)28(40)33(3)21-17-34(16-19-7-5-4-6-8-19)13-14-35-24(21)31-22(23(36)26(35)38)25(37)30-15-18-9-11-20(29)12-10-18/h4-12,21,36H,13-17H2,1-3H3,(H,30,37). The number of benzene rings is 2. The third-order valence-corrected chi connectivity index (χ3v) is 6.75. The monoisotopic (exact) mass is 550 g/mol. The molecule has 3 aromatic rings. The largest absolute Gasteiger partial charge is 0.501 e. The van der Waals surface area contributed by atoms with Crippen LogP contribution in [0.1, 0.15) is 33.5 Å². The molecule has 3 amide bonds. The lowest BCUT2D eigenvalue weighted by Gasteiger charge is -2.31. The van der Waals surface area contributed by atoms with E-state index >= 15 is 0 Å². The molecule has 0 aliphatic carbocycles. The maximum absolute atomic E-state index is 13.3. The molecular weight excluding hydrogens is 519 g/mol. The first-order valence-corrected chi connectivity index (χ1v) is 12.7. The van der Waals surface area contributed by atoms with Gasteiger partial charge in [-0.25, -0.2) is 9.37 Å². The summed E-state index contributed by atoms with van der Waals surface area (Å²) in [5, 5.41) is 13.3. The third kappa shape index (κ3) is 6.18. The van der Waals surface area contributed by atoms with Gasteiger partial charge in [-0.2, -0.15) is 0 Å². The van der Waals surface area contributed by atoms with Gasteiger partial charge >= 0.3 is 11.8 Å². The molecule has 0 saturated carbocycles. The van der Waals surface area contributed by atoms with Crippen LogP contribution in [0.4, 0.5) is 4.39 Å². The summed E-state index contributed by atoms with van der Waals surface area (Å²) < 4.78 is 14.5. The fraction of sp³-hybridized carbons (Fsp3) is 0.321. The molecule has 210 valence electrons. The van der Waals surface area contributed by atoms with Gasteiger partial charge in [0.25, 0.3) is 11.5 Å². The molecule has 0 radical (unpaired) electrons. The van der Waals surface area contributed by atoms with Gasteiger partial charge in [-0.1, -0.05) is 42.5 Å². The first-order valence-electron chi connectivity index (χ1n) is 12.7. The maximum Gasteiger partial charge on any atom is 0.312 e. The van der Waals surface area contributed by atoms with E-state index in [1.54, 1.807) is 0 Å². The van der Waals surface area contributed by atoms with Crippen LogP contribution in [0.5, 0.6) is 5.75 Å². The summed E-state index contributed by atoms with van der Waals surface area (Å²) in [5.41, 5.74) is 0.278. The van der Waals surface area contributed by atoms with Crippen molar-refractivity contribution >= 4 is 17.7 Å². The first-order chi connectivity index (χ1) is 19.1. The molecule has 1 aliphatic heterocycles. The predicted molar refractivity (Wildman–Crippen MR) is 144 cm³/mol. The maximum atomic E-state index is 13.3. The van der Waals surface area contributed by atoms with Crippen LogP contribution in [0.25, 0.3) is 0 Å². The minimum atomic E-state index is -0.889. The van der Waals surface area contributed by atoms with Gasteiger partial charge in [0, 0.05) is 53.9 Å². The summed E-state index contributed by atoms with van der Waals surface area (Å²) in [5.74, 6) is -3.56. The molecule has 0 fully saturated rings. The Kier molecular flexibility index (Phi) is 8.58. The van der Waals surface area contributed by atoms with E-state index in [1.807, 2.05) is 35.2 Å². The molecule has 1 aromatic heterocycles. The molecule has 2 aromatic carbocycles. The van der Waals surface area contributed by atoms with Crippen LogP contribution < -0.4 is 10.9 Å². The number of fused-ring (bicyclic) bond motifs is 1. The third-order valence-electron chi connectivity index (χ3n) is 6.75. The molecule has 12 heteroatoms. The Morgan fingerprint density at radius 1 is 1.00 bits per heavy atom. The predicted octanol–water partition coefficient (Wildman–Crippen LogP) is 1.12. The van der Waals surface area contributed by atoms with Crippen molar-refractivity contribution in [2.45, 2.75) is 25.7 Å². The molecule has 2 heterocycles. The minimum Gasteiger partial charge on any atom is -0.501 e. The topological polar surface area (TPSA) is 128 Å². The zero-order valence-electron chi connectivity index (χ0n) is 22.5. The van der Waals surface area contributed by atoms with E-state index in [4.69, 9.17) is 0 Å². The molecule has 11 nitrogen and oxygen atoms in total. The van der Waals surface area contributed by atoms with Crippen molar-refractivity contribution in [2.24, 2.45) is 0 Å². The lowest BCUT2D eigenvalue weighted by molar-refractivity contribution is -0.151. The molecule has 0 spiro atoms. The Hall–Kier alpha value is -4.58. The number of rotatable bonds is 6. The van der Waals surface area contributed by atoms with Crippen LogP contribution in [0.15, 0.2) is 59.4 Å². The highest BCUT2D eigenvalue weighted by Gasteiger charge is 2.35. The molecule has 1 atom stereocenters. The Labute approximate surface area is 230 Å². The highest BCUT2D eigenvalue weighted by molar-refractivity contribution is 6.34. The van der Waals surface area contributed by atoms with Gasteiger partial charge in [0.2, 0.25) is 5.75 Å². The smallest absolute Gasteiger partial charge is 0.312 e. The van der Waals surface area contributed by atoms with E-state index in [-0.39, 0.29) is 25.5 Å². The molecule has 2 N–H and O–H groups in total. The van der Waals surface area contributed by atoms with Gasteiger partial charge in [0.05, 0.1) is 0 Å². The zero-order valence-corrected chi connectivity index (χ0v) is 22.5. The van der Waals surface area contributed by atoms with Crippen molar-refractivity contribution in [3.63, 3.8) is 0 Å². The van der Waals surface area contributed by atoms with Crippen LogP contribution in [0.2, 0.25) is 0 Å². The van der Waals surface area contributed by atoms with Crippen molar-refractivity contribution in [3.8, 4) is 5.75 Å². The van der Waals surface area contributed by atoms with Gasteiger partial charge in [-0.3, -0.25) is 28.6 Å². The van der Waals surface area contributed by atoms with Crippen LogP contribution in [-0.4, -0.2) is 81.3 Å². The van der Waals surface area contributed by atoms with Gasteiger partial charge in [0.1, 0.15) is 17.7 Å². The average molecular weight is 551 g/mol. The van der Waals surface area contributed by atoms with Crippen molar-refractivity contribution in [1.29, 1.82) is 0 Å². The van der Waals surface area contributed by atoms with Gasteiger partial charge in [0.15, 0.2) is 5.69 Å². The van der Waals surface area contributed by atoms with Gasteiger partial charge < -0.3 is 20.2 Å². The number of nitrogens with zero attached hydrogens (tertiary/aromatic N) is 5. The summed E-state index contributed by atoms with van der Waals surface area (Å²) >= 11 is 0. The van der Waals surface area contributed by atoms with Crippen molar-refractivity contribution in [1.82, 2.24) is 29.6 Å². The highest BCUT2D eigenvalue weighted by Crippen LogP contribution is 2.25. The quantitative estimate of drug-likeness (QED) is 0.441. The second-order valence-corrected chi connectivity index (χ2v) is 9.79. The first kappa shape index (κ1) is 28.4. The van der Waals surface area contributed by atoms with E-state index in [1.165, 1.54) is 54.9 Å². The van der Waals surface area contributed by atoms with E-state index < -0.39 is 46.6 Å². The number of carbonyl (C=O) groups excluding carboxylic acids is 3. The average Bonchev–Trinajstić information content (AvgIpc) is 3.13. The molecule has 1 unspecified atom stereocenters. The van der Waals surface area contributed by atoms with Crippen LogP contribution in [-0.2, 0) is 29.2 Å². The lowest BCUT2D eigenvalue weighted by atomic mass is 10.1. The number of aromatic hydroxyl groups is 1. The number of likely N-dealkylation sites (N-methyl/N-ethyl adjacent to an activating group) is 2. The summed E-state index contributed by atoms with van der Waals surface area (Å²) in [6.07, 6.45) is 0. The molecular formula is C28H31FN6O5. The zero-order chi connectivity index (χ0) is 29.0. The van der Waals surface area contributed by atoms with Gasteiger partial charge in [-0.15, -0.1) is 0 Å². The summed E-state index contributed by atoms with van der Waals surface area (Å²) in [6, 6.07) is 14.2. The van der Waals surface area contributed by atoms with Crippen molar-refractivity contribution in [3.05, 3.63) is 93.4 Å². The number of hydrogen-bond acceptors (Lipinski definition) is 7. The molecule has 40 heavy (non-hydrogen) atoms. The lowest BCUT2D eigenvalue weighted by Crippen LogP contribution is -2.46. The fourth-order valence-electron chi connectivity index (χ4n) is 4.48. The Bertz CT molecular complexity index is 1460. The number of halogens is 1. The molecule has 1 aliphatic rings. The number of hydrogen-bond donors (Lipinski definition) is 2. The summed E-state index contributed by atoms with van der Waals surface area (Å²) in [7, 11) is 4.36. The normalized spacial score (nSPS) is 15.1. The number of carbonyl (C=O) groups is 3. The molecule has 4 rings (SSSR count). The van der Waals surface area contributed by atoms with E-state index in [9.17, 15) is 28.7 Å². The van der Waals surface area contributed by atoms with Crippen LogP contribution in [0.3, 0.4) is 0 Å². The summed E-state index contributed by atoms with van der Waals surface area (Å²) in [4.78, 5) is 60.7. The minimum absolute atomic E-state index is 0.00264. The molecule has 0 saturated heterocycles. The van der Waals surface area contributed by atoms with Crippen molar-refractivity contribution in [2.75, 3.05) is 34.2 Å². The Morgan fingerprint density at radius 2 is 1.68 bits per heavy atom. The molecule has 0 bridgehead atoms.